The van der Waals surface area contributed by atoms with Gasteiger partial charge in [-0.25, -0.2) is 0 Å². The average molecular weight is 254 g/mol. The molecule has 1 aromatic carbocycles. The third-order valence-electron chi connectivity index (χ3n) is 3.99. The Morgan fingerprint density at radius 3 is 2.74 bits per heavy atom. The van der Waals surface area contributed by atoms with Gasteiger partial charge in [-0.2, -0.15) is 0 Å². The molecule has 19 heavy (non-hydrogen) atoms. The molecule has 1 aliphatic rings. The van der Waals surface area contributed by atoms with E-state index < -0.39 is 0 Å². The summed E-state index contributed by atoms with van der Waals surface area (Å²) in [7, 11) is 0. The van der Waals surface area contributed by atoms with Crippen molar-refractivity contribution >= 4 is 17.1 Å². The van der Waals surface area contributed by atoms with Crippen LogP contribution in [0.2, 0.25) is 0 Å². The van der Waals surface area contributed by atoms with Gasteiger partial charge in [-0.05, 0) is 18.9 Å². The molecule has 0 amide bonds. The van der Waals surface area contributed by atoms with Gasteiger partial charge in [-0.1, -0.05) is 48.7 Å². The van der Waals surface area contributed by atoms with Gasteiger partial charge in [0.05, 0.1) is 11.7 Å². The maximum absolute atomic E-state index is 8.74. The lowest BCUT2D eigenvalue weighted by atomic mass is 9.86. The maximum atomic E-state index is 8.74. The van der Waals surface area contributed by atoms with Crippen LogP contribution in [0.5, 0.6) is 0 Å². The lowest BCUT2D eigenvalue weighted by Gasteiger charge is -2.21. The van der Waals surface area contributed by atoms with Gasteiger partial charge in [0.1, 0.15) is 0 Å². The molecule has 0 saturated heterocycles. The second kappa shape index (κ2) is 5.39. The first-order chi connectivity index (χ1) is 9.38. The SMILES string of the molecule is O/N=C\c1cccc2ccc(C3CCCCC3)nc12. The van der Waals surface area contributed by atoms with Crippen LogP contribution >= 0.6 is 0 Å². The van der Waals surface area contributed by atoms with E-state index in [4.69, 9.17) is 10.2 Å². The van der Waals surface area contributed by atoms with Crippen molar-refractivity contribution in [2.45, 2.75) is 38.0 Å². The van der Waals surface area contributed by atoms with Crippen molar-refractivity contribution in [3.8, 4) is 0 Å². The smallest absolute Gasteiger partial charge is 0.0794 e. The van der Waals surface area contributed by atoms with Crippen molar-refractivity contribution in [2.24, 2.45) is 5.16 Å². The van der Waals surface area contributed by atoms with Crippen molar-refractivity contribution in [1.29, 1.82) is 0 Å². The molecule has 1 aromatic heterocycles. The first-order valence-corrected chi connectivity index (χ1v) is 6.95. The van der Waals surface area contributed by atoms with Gasteiger partial charge in [0.25, 0.3) is 0 Å². The predicted molar refractivity (Wildman–Crippen MR) is 76.9 cm³/mol. The van der Waals surface area contributed by atoms with E-state index in [2.05, 4.69) is 17.3 Å². The molecule has 3 heteroatoms. The minimum Gasteiger partial charge on any atom is -0.411 e. The summed E-state index contributed by atoms with van der Waals surface area (Å²) < 4.78 is 0. The van der Waals surface area contributed by atoms with Gasteiger partial charge < -0.3 is 5.21 Å². The number of para-hydroxylation sites is 1. The zero-order valence-corrected chi connectivity index (χ0v) is 10.9. The zero-order valence-electron chi connectivity index (χ0n) is 10.9. The number of rotatable bonds is 2. The van der Waals surface area contributed by atoms with E-state index in [1.54, 1.807) is 0 Å². The summed E-state index contributed by atoms with van der Waals surface area (Å²) in [6.07, 6.45) is 7.92. The normalized spacial score (nSPS) is 17.3. The maximum Gasteiger partial charge on any atom is 0.0794 e. The summed E-state index contributed by atoms with van der Waals surface area (Å²) >= 11 is 0. The molecule has 0 atom stereocenters. The Kier molecular flexibility index (Phi) is 3.45. The molecule has 0 unspecified atom stereocenters. The van der Waals surface area contributed by atoms with Crippen LogP contribution < -0.4 is 0 Å². The Labute approximate surface area is 113 Å². The second-order valence-corrected chi connectivity index (χ2v) is 5.23. The topological polar surface area (TPSA) is 45.5 Å². The highest BCUT2D eigenvalue weighted by Gasteiger charge is 2.17. The van der Waals surface area contributed by atoms with E-state index in [9.17, 15) is 0 Å². The fourth-order valence-corrected chi connectivity index (χ4v) is 2.98. The van der Waals surface area contributed by atoms with Crippen LogP contribution in [0.1, 0.15) is 49.3 Å². The monoisotopic (exact) mass is 254 g/mol. The van der Waals surface area contributed by atoms with Crippen LogP contribution in [-0.4, -0.2) is 16.4 Å². The van der Waals surface area contributed by atoms with Crippen molar-refractivity contribution in [3.63, 3.8) is 0 Å². The Morgan fingerprint density at radius 2 is 1.95 bits per heavy atom. The summed E-state index contributed by atoms with van der Waals surface area (Å²) in [6, 6.07) is 10.2. The minimum absolute atomic E-state index is 0.595. The number of nitrogens with zero attached hydrogens (tertiary/aromatic N) is 2. The molecule has 2 aromatic rings. The molecule has 0 aliphatic heterocycles. The first kappa shape index (κ1) is 12.2. The van der Waals surface area contributed by atoms with Gasteiger partial charge in [-0.3, -0.25) is 4.98 Å². The van der Waals surface area contributed by atoms with E-state index in [0.29, 0.717) is 5.92 Å². The third kappa shape index (κ3) is 2.46. The van der Waals surface area contributed by atoms with Gasteiger partial charge >= 0.3 is 0 Å². The van der Waals surface area contributed by atoms with Crippen LogP contribution in [0.4, 0.5) is 0 Å². The average Bonchev–Trinajstić information content (AvgIpc) is 2.48. The van der Waals surface area contributed by atoms with Crippen molar-refractivity contribution in [1.82, 2.24) is 4.98 Å². The van der Waals surface area contributed by atoms with Crippen molar-refractivity contribution < 1.29 is 5.21 Å². The molecule has 3 nitrogen and oxygen atoms in total. The predicted octanol–water partition coefficient (Wildman–Crippen LogP) is 4.09. The largest absolute Gasteiger partial charge is 0.411 e. The summed E-state index contributed by atoms with van der Waals surface area (Å²) in [5, 5.41) is 13.0. The molecule has 0 bridgehead atoms. The van der Waals surface area contributed by atoms with E-state index in [1.807, 2.05) is 18.2 Å². The third-order valence-corrected chi connectivity index (χ3v) is 3.99. The standard InChI is InChI=1S/C16H18N2O/c19-17-11-14-8-4-7-13-9-10-15(18-16(13)14)12-5-2-1-3-6-12/h4,7-12,19H,1-3,5-6H2/b17-11-. The van der Waals surface area contributed by atoms with Crippen LogP contribution in [0.3, 0.4) is 0 Å². The van der Waals surface area contributed by atoms with E-state index >= 15 is 0 Å². The summed E-state index contributed by atoms with van der Waals surface area (Å²) in [5.74, 6) is 0.595. The second-order valence-electron chi connectivity index (χ2n) is 5.23. The highest BCUT2D eigenvalue weighted by Crippen LogP contribution is 2.32. The minimum atomic E-state index is 0.595. The molecule has 1 fully saturated rings. The van der Waals surface area contributed by atoms with Crippen LogP contribution in [-0.2, 0) is 0 Å². The fourth-order valence-electron chi connectivity index (χ4n) is 2.98. The number of oxime groups is 1. The van der Waals surface area contributed by atoms with Gasteiger partial charge in [-0.15, -0.1) is 0 Å². The molecule has 1 saturated carbocycles. The van der Waals surface area contributed by atoms with Gasteiger partial charge in [0, 0.05) is 22.6 Å². The number of aromatic nitrogens is 1. The van der Waals surface area contributed by atoms with Gasteiger partial charge in [0.15, 0.2) is 0 Å². The quantitative estimate of drug-likeness (QED) is 0.498. The molecule has 1 heterocycles. The van der Waals surface area contributed by atoms with Crippen LogP contribution in [0, 0.1) is 0 Å². The van der Waals surface area contributed by atoms with Crippen molar-refractivity contribution in [3.05, 3.63) is 41.6 Å². The molecule has 1 N–H and O–H groups in total. The summed E-state index contributed by atoms with van der Waals surface area (Å²) in [5.41, 5.74) is 2.99. The van der Waals surface area contributed by atoms with E-state index in [1.165, 1.54) is 44.0 Å². The Balaban J connectivity index is 2.05. The van der Waals surface area contributed by atoms with E-state index in [-0.39, 0.29) is 0 Å². The van der Waals surface area contributed by atoms with Crippen LogP contribution in [0.25, 0.3) is 10.9 Å². The lowest BCUT2D eigenvalue weighted by molar-refractivity contribution is 0.322. The Bertz CT molecular complexity index is 601. The Hall–Kier alpha value is -1.90. The Morgan fingerprint density at radius 1 is 1.11 bits per heavy atom. The number of fused-ring (bicyclic) bond motifs is 1. The molecule has 98 valence electrons. The number of hydrogen-bond acceptors (Lipinski definition) is 3. The first-order valence-electron chi connectivity index (χ1n) is 6.95. The molecule has 1 aliphatic carbocycles. The lowest BCUT2D eigenvalue weighted by Crippen LogP contribution is -2.06. The van der Waals surface area contributed by atoms with E-state index in [0.717, 1.165) is 16.5 Å². The van der Waals surface area contributed by atoms with Crippen LogP contribution in [0.15, 0.2) is 35.5 Å². The summed E-state index contributed by atoms with van der Waals surface area (Å²) in [6.45, 7) is 0. The highest BCUT2D eigenvalue weighted by atomic mass is 16.4. The molecule has 3 rings (SSSR count). The van der Waals surface area contributed by atoms with Gasteiger partial charge in [0.2, 0.25) is 0 Å². The number of benzene rings is 1. The number of hydrogen-bond donors (Lipinski definition) is 1. The number of pyridine rings is 1. The molecule has 0 radical (unpaired) electrons. The zero-order chi connectivity index (χ0) is 13.1. The molecular formula is C16H18N2O. The van der Waals surface area contributed by atoms with Crippen molar-refractivity contribution in [2.75, 3.05) is 0 Å². The fraction of sp³-hybridized carbons (Fsp3) is 0.375. The molecule has 0 spiro atoms. The highest BCUT2D eigenvalue weighted by molar-refractivity contribution is 5.97. The molecular weight excluding hydrogens is 236 g/mol. The summed E-state index contributed by atoms with van der Waals surface area (Å²) in [4.78, 5) is 4.82.